The number of carbonyl (C=O) groups excluding carboxylic acids is 2. The molecular weight excluding hydrogens is 365 g/mol. The lowest BCUT2D eigenvalue weighted by atomic mass is 9.70. The lowest BCUT2D eigenvalue weighted by Crippen LogP contribution is -2.29. The lowest BCUT2D eigenvalue weighted by molar-refractivity contribution is -0.154. The fourth-order valence-electron chi connectivity index (χ4n) is 3.40. The molecule has 1 saturated carbocycles. The first kappa shape index (κ1) is 15.5. The Labute approximate surface area is 133 Å². The Morgan fingerprint density at radius 1 is 1.09 bits per heavy atom. The van der Waals surface area contributed by atoms with Crippen molar-refractivity contribution >= 4 is 27.9 Å². The van der Waals surface area contributed by atoms with E-state index >= 15 is 0 Å². The second kappa shape index (κ2) is 5.37. The van der Waals surface area contributed by atoms with Crippen molar-refractivity contribution in [3.8, 4) is 0 Å². The van der Waals surface area contributed by atoms with Gasteiger partial charge >= 0.3 is 18.1 Å². The summed E-state index contributed by atoms with van der Waals surface area (Å²) in [7, 11) is 0. The van der Waals surface area contributed by atoms with Crippen molar-refractivity contribution in [1.82, 2.24) is 0 Å². The molecule has 0 amide bonds. The van der Waals surface area contributed by atoms with Gasteiger partial charge in [0.2, 0.25) is 0 Å². The van der Waals surface area contributed by atoms with Crippen LogP contribution < -0.4 is 0 Å². The second-order valence-electron chi connectivity index (χ2n) is 5.65. The number of carbonyl (C=O) groups is 2. The highest BCUT2D eigenvalue weighted by molar-refractivity contribution is 9.10. The normalized spacial score (nSPS) is 28.5. The minimum Gasteiger partial charge on any atom is -0.393 e. The summed E-state index contributed by atoms with van der Waals surface area (Å²) in [6.45, 7) is 0. The van der Waals surface area contributed by atoms with Gasteiger partial charge in [0.1, 0.15) is 0 Å². The molecule has 1 aromatic carbocycles. The van der Waals surface area contributed by atoms with E-state index in [9.17, 15) is 22.8 Å². The van der Waals surface area contributed by atoms with Crippen molar-refractivity contribution in [3.05, 3.63) is 33.8 Å². The van der Waals surface area contributed by atoms with E-state index in [1.165, 1.54) is 12.1 Å². The van der Waals surface area contributed by atoms with Crippen LogP contribution in [0.15, 0.2) is 22.7 Å². The van der Waals surface area contributed by atoms with Crippen molar-refractivity contribution in [3.63, 3.8) is 0 Å². The second-order valence-corrected chi connectivity index (χ2v) is 6.50. The number of fused-ring (bicyclic) bond motifs is 1. The number of hydrogen-bond acceptors (Lipinski definition) is 3. The van der Waals surface area contributed by atoms with E-state index in [2.05, 4.69) is 15.9 Å². The monoisotopic (exact) mass is 376 g/mol. The van der Waals surface area contributed by atoms with Crippen molar-refractivity contribution < 1.29 is 27.5 Å². The Bertz CT molecular complexity index is 641. The Kier molecular flexibility index (Phi) is 3.79. The van der Waals surface area contributed by atoms with E-state index < -0.39 is 35.5 Å². The van der Waals surface area contributed by atoms with Crippen molar-refractivity contribution in [2.45, 2.75) is 31.4 Å². The Morgan fingerprint density at radius 3 is 2.41 bits per heavy atom. The molecule has 0 spiro atoms. The van der Waals surface area contributed by atoms with Crippen LogP contribution in [0.2, 0.25) is 0 Å². The third-order valence-corrected chi connectivity index (χ3v) is 5.06. The van der Waals surface area contributed by atoms with Crippen LogP contribution in [-0.2, 0) is 20.5 Å². The van der Waals surface area contributed by atoms with Gasteiger partial charge in [-0.15, -0.1) is 0 Å². The Morgan fingerprint density at radius 2 is 1.77 bits per heavy atom. The van der Waals surface area contributed by atoms with Crippen molar-refractivity contribution in [2.24, 2.45) is 11.8 Å². The highest BCUT2D eigenvalue weighted by Gasteiger charge is 2.50. The quantitative estimate of drug-likeness (QED) is 0.548. The molecule has 22 heavy (non-hydrogen) atoms. The van der Waals surface area contributed by atoms with Crippen LogP contribution in [0.4, 0.5) is 13.2 Å². The molecule has 1 aliphatic carbocycles. The molecule has 1 aromatic rings. The van der Waals surface area contributed by atoms with Gasteiger partial charge in [0.25, 0.3) is 0 Å². The van der Waals surface area contributed by atoms with E-state index in [0.717, 1.165) is 12.5 Å². The molecule has 7 heteroatoms. The van der Waals surface area contributed by atoms with Crippen LogP contribution in [0, 0.1) is 11.8 Å². The standard InChI is InChI=1S/C15H12BrF3O3/c16-11-6-7(4-5-10(11)15(17,18)19)8-2-1-3-9-12(8)14(21)22-13(9)20/h4-6,8-9,12H,1-3H2. The summed E-state index contributed by atoms with van der Waals surface area (Å²) in [5.74, 6) is -2.39. The van der Waals surface area contributed by atoms with E-state index in [1.54, 1.807) is 0 Å². The van der Waals surface area contributed by atoms with Crippen molar-refractivity contribution in [2.75, 3.05) is 0 Å². The smallest absolute Gasteiger partial charge is 0.393 e. The van der Waals surface area contributed by atoms with Crippen LogP contribution >= 0.6 is 15.9 Å². The molecule has 3 unspecified atom stereocenters. The van der Waals surface area contributed by atoms with Crippen LogP contribution in [-0.4, -0.2) is 11.9 Å². The van der Waals surface area contributed by atoms with Gasteiger partial charge in [-0.2, -0.15) is 13.2 Å². The van der Waals surface area contributed by atoms with Gasteiger partial charge in [-0.25, -0.2) is 0 Å². The fraction of sp³-hybridized carbons (Fsp3) is 0.467. The van der Waals surface area contributed by atoms with Crippen molar-refractivity contribution in [1.29, 1.82) is 0 Å². The molecule has 1 saturated heterocycles. The molecule has 2 aliphatic rings. The molecule has 3 atom stereocenters. The summed E-state index contributed by atoms with van der Waals surface area (Å²) >= 11 is 2.95. The number of ether oxygens (including phenoxy) is 1. The minimum atomic E-state index is -4.44. The van der Waals surface area contributed by atoms with E-state index in [-0.39, 0.29) is 10.4 Å². The zero-order chi connectivity index (χ0) is 16.1. The van der Waals surface area contributed by atoms with Gasteiger partial charge in [0, 0.05) is 4.47 Å². The number of benzene rings is 1. The summed E-state index contributed by atoms with van der Waals surface area (Å²) in [4.78, 5) is 23.5. The molecule has 0 bridgehead atoms. The number of halogens is 4. The maximum atomic E-state index is 12.8. The van der Waals surface area contributed by atoms with E-state index in [0.29, 0.717) is 18.4 Å². The Balaban J connectivity index is 1.95. The van der Waals surface area contributed by atoms with Crippen LogP contribution in [0.25, 0.3) is 0 Å². The summed E-state index contributed by atoms with van der Waals surface area (Å²) in [5, 5.41) is 0. The predicted octanol–water partition coefficient (Wildman–Crippen LogP) is 4.05. The number of hydrogen-bond donors (Lipinski definition) is 0. The zero-order valence-corrected chi connectivity index (χ0v) is 12.9. The van der Waals surface area contributed by atoms with Gasteiger partial charge in [-0.1, -0.05) is 28.4 Å². The summed E-state index contributed by atoms with van der Waals surface area (Å²) in [5.41, 5.74) is -0.130. The van der Waals surface area contributed by atoms with Gasteiger partial charge in [0.05, 0.1) is 17.4 Å². The molecule has 1 heterocycles. The number of cyclic esters (lactones) is 2. The van der Waals surface area contributed by atoms with Crippen LogP contribution in [0.3, 0.4) is 0 Å². The average molecular weight is 377 g/mol. The first-order chi connectivity index (χ1) is 10.3. The fourth-order valence-corrected chi connectivity index (χ4v) is 4.02. The largest absolute Gasteiger partial charge is 0.417 e. The van der Waals surface area contributed by atoms with Gasteiger partial charge in [-0.3, -0.25) is 9.59 Å². The SMILES string of the molecule is O=C1OC(=O)C2C1CCCC2c1ccc(C(F)(F)F)c(Br)c1. The molecule has 0 N–H and O–H groups in total. The Hall–Kier alpha value is -1.37. The van der Waals surface area contributed by atoms with Gasteiger partial charge in [-0.05, 0) is 36.5 Å². The van der Waals surface area contributed by atoms with Gasteiger partial charge in [0.15, 0.2) is 0 Å². The minimum absolute atomic E-state index is 0.0580. The molecule has 3 nitrogen and oxygen atoms in total. The topological polar surface area (TPSA) is 43.4 Å². The molecular formula is C15H12BrF3O3. The molecule has 1 aliphatic heterocycles. The molecule has 118 valence electrons. The predicted molar refractivity (Wildman–Crippen MR) is 73.8 cm³/mol. The average Bonchev–Trinajstić information content (AvgIpc) is 2.73. The number of esters is 2. The highest BCUT2D eigenvalue weighted by atomic mass is 79.9. The summed E-state index contributed by atoms with van der Waals surface area (Å²) in [6.07, 6.45) is -2.45. The number of rotatable bonds is 1. The first-order valence-corrected chi connectivity index (χ1v) is 7.70. The molecule has 2 fully saturated rings. The van der Waals surface area contributed by atoms with Crippen LogP contribution in [0.5, 0.6) is 0 Å². The van der Waals surface area contributed by atoms with E-state index in [4.69, 9.17) is 4.74 Å². The maximum Gasteiger partial charge on any atom is 0.417 e. The number of alkyl halides is 3. The molecule has 0 aromatic heterocycles. The molecule has 0 radical (unpaired) electrons. The third kappa shape index (κ3) is 2.55. The van der Waals surface area contributed by atoms with Gasteiger partial charge < -0.3 is 4.74 Å². The summed E-state index contributed by atoms with van der Waals surface area (Å²) < 4.78 is 43.0. The third-order valence-electron chi connectivity index (χ3n) is 4.40. The van der Waals surface area contributed by atoms with E-state index in [1.807, 2.05) is 0 Å². The maximum absolute atomic E-state index is 12.8. The first-order valence-electron chi connectivity index (χ1n) is 6.91. The van der Waals surface area contributed by atoms with Crippen LogP contribution in [0.1, 0.15) is 36.3 Å². The highest BCUT2D eigenvalue weighted by Crippen LogP contribution is 2.47. The molecule has 3 rings (SSSR count). The summed E-state index contributed by atoms with van der Waals surface area (Å²) in [6, 6.07) is 3.79. The zero-order valence-electron chi connectivity index (χ0n) is 11.3. The lowest BCUT2D eigenvalue weighted by Gasteiger charge is -2.30.